The zero-order chi connectivity index (χ0) is 31.5. The maximum Gasteiger partial charge on any atom is 0.278 e. The van der Waals surface area contributed by atoms with Crippen molar-refractivity contribution in [1.29, 1.82) is 0 Å². The standard InChI is InChI=1S/C32H27F2N5O6/c33-22-10-9-21(25(34)13-22)14-36-31(42)24-16-39-28(30(41)29(24)40)32(43)38(18-37(39)15-23-8-4-5-11-35-23)26(27-17-44-19-45-27)12-20-6-2-1-3-7-20/h1-11,13,16-17,26,41H,12,14-15,18-19H2,(H,36,42). The largest absolute Gasteiger partial charge is 0.502 e. The van der Waals surface area contributed by atoms with Crippen LogP contribution in [0.2, 0.25) is 0 Å². The number of fused-ring (bicyclic) bond motifs is 1. The molecule has 45 heavy (non-hydrogen) atoms. The highest BCUT2D eigenvalue weighted by molar-refractivity contribution is 5.99. The maximum absolute atomic E-state index is 14.2. The van der Waals surface area contributed by atoms with Gasteiger partial charge in [0.25, 0.3) is 11.8 Å². The molecule has 230 valence electrons. The molecule has 2 aromatic heterocycles. The van der Waals surface area contributed by atoms with Crippen LogP contribution in [0, 0.1) is 11.6 Å². The van der Waals surface area contributed by atoms with Crippen LogP contribution in [0.25, 0.3) is 0 Å². The Hall–Kier alpha value is -5.72. The van der Waals surface area contributed by atoms with Gasteiger partial charge in [-0.25, -0.2) is 8.78 Å². The van der Waals surface area contributed by atoms with Crippen LogP contribution in [0.3, 0.4) is 0 Å². The van der Waals surface area contributed by atoms with E-state index in [1.54, 1.807) is 29.4 Å². The molecule has 0 radical (unpaired) electrons. The van der Waals surface area contributed by atoms with Gasteiger partial charge in [0, 0.05) is 37.0 Å². The summed E-state index contributed by atoms with van der Waals surface area (Å²) in [7, 11) is 0. The number of hydrogen-bond acceptors (Lipinski definition) is 8. The molecule has 0 aliphatic carbocycles. The first-order chi connectivity index (χ1) is 21.8. The van der Waals surface area contributed by atoms with Crippen LogP contribution in [-0.2, 0) is 29.0 Å². The van der Waals surface area contributed by atoms with Crippen molar-refractivity contribution in [1.82, 2.24) is 19.9 Å². The minimum atomic E-state index is -1.09. The van der Waals surface area contributed by atoms with Crippen molar-refractivity contribution in [2.75, 3.05) is 18.5 Å². The van der Waals surface area contributed by atoms with Crippen LogP contribution in [0.15, 0.2) is 95.9 Å². The van der Waals surface area contributed by atoms with E-state index in [-0.39, 0.29) is 37.8 Å². The normalized spacial score (nSPS) is 14.7. The summed E-state index contributed by atoms with van der Waals surface area (Å²) in [6, 6.07) is 16.9. The Kier molecular flexibility index (Phi) is 8.14. The number of carbonyl (C=O) groups excluding carboxylic acids is 2. The highest BCUT2D eigenvalue weighted by atomic mass is 19.1. The van der Waals surface area contributed by atoms with E-state index in [0.29, 0.717) is 23.9 Å². The molecule has 2 amide bonds. The van der Waals surface area contributed by atoms with Gasteiger partial charge >= 0.3 is 0 Å². The minimum Gasteiger partial charge on any atom is -0.502 e. The van der Waals surface area contributed by atoms with Crippen LogP contribution in [0.4, 0.5) is 8.78 Å². The number of ether oxygens (including phenoxy) is 2. The first kappa shape index (κ1) is 29.4. The Balaban J connectivity index is 1.39. The Morgan fingerprint density at radius 1 is 1.07 bits per heavy atom. The van der Waals surface area contributed by atoms with Gasteiger partial charge in [0.05, 0.1) is 18.3 Å². The molecule has 4 aromatic rings. The summed E-state index contributed by atoms with van der Waals surface area (Å²) < 4.78 is 39.7. The SMILES string of the molecule is O=C(NCc1ccc(F)cc1F)c1cn2c(c(O)c1=O)C(=O)N(C(Cc1ccccc1)C1=COCO1)CN2Cc1ccccn1. The Labute approximate surface area is 255 Å². The molecular weight excluding hydrogens is 588 g/mol. The Bertz CT molecular complexity index is 1830. The summed E-state index contributed by atoms with van der Waals surface area (Å²) in [5.41, 5.74) is -0.437. The van der Waals surface area contributed by atoms with E-state index in [9.17, 15) is 28.3 Å². The Morgan fingerprint density at radius 2 is 1.87 bits per heavy atom. The summed E-state index contributed by atoms with van der Waals surface area (Å²) in [5, 5.41) is 15.2. The van der Waals surface area contributed by atoms with E-state index >= 15 is 0 Å². The van der Waals surface area contributed by atoms with Gasteiger partial charge in [-0.1, -0.05) is 42.5 Å². The van der Waals surface area contributed by atoms with Crippen molar-refractivity contribution >= 4 is 11.8 Å². The number of nitrogens with zero attached hydrogens (tertiary/aromatic N) is 4. The average molecular weight is 616 g/mol. The first-order valence-corrected chi connectivity index (χ1v) is 14.0. The zero-order valence-electron chi connectivity index (χ0n) is 23.7. The maximum atomic E-state index is 14.2. The smallest absolute Gasteiger partial charge is 0.278 e. The second-order valence-corrected chi connectivity index (χ2v) is 10.4. The van der Waals surface area contributed by atoms with E-state index < -0.39 is 46.2 Å². The fourth-order valence-electron chi connectivity index (χ4n) is 5.23. The predicted octanol–water partition coefficient (Wildman–Crippen LogP) is 3.17. The molecule has 11 nitrogen and oxygen atoms in total. The topological polar surface area (TPSA) is 126 Å². The molecule has 2 N–H and O–H groups in total. The summed E-state index contributed by atoms with van der Waals surface area (Å²) in [5.74, 6) is -3.80. The minimum absolute atomic E-state index is 0.00786. The van der Waals surface area contributed by atoms with Gasteiger partial charge in [-0.15, -0.1) is 0 Å². The van der Waals surface area contributed by atoms with Crippen LogP contribution in [0.5, 0.6) is 5.75 Å². The Morgan fingerprint density at radius 3 is 2.58 bits per heavy atom. The van der Waals surface area contributed by atoms with Crippen molar-refractivity contribution in [2.24, 2.45) is 0 Å². The van der Waals surface area contributed by atoms with Gasteiger partial charge in [0.15, 0.2) is 17.2 Å². The fraction of sp³-hybridized carbons (Fsp3) is 0.188. The lowest BCUT2D eigenvalue weighted by molar-refractivity contribution is 0.0429. The van der Waals surface area contributed by atoms with Crippen molar-refractivity contribution in [3.8, 4) is 5.75 Å². The molecule has 0 spiro atoms. The summed E-state index contributed by atoms with van der Waals surface area (Å²) in [4.78, 5) is 46.4. The van der Waals surface area contributed by atoms with Crippen LogP contribution in [-0.4, -0.2) is 51.0 Å². The second kappa shape index (κ2) is 12.5. The van der Waals surface area contributed by atoms with Crippen molar-refractivity contribution in [2.45, 2.75) is 25.6 Å². The van der Waals surface area contributed by atoms with Crippen LogP contribution in [0.1, 0.15) is 37.7 Å². The number of rotatable bonds is 9. The third kappa shape index (κ3) is 6.05. The summed E-state index contributed by atoms with van der Waals surface area (Å²) in [6.07, 6.45) is 4.53. The molecule has 1 atom stereocenters. The van der Waals surface area contributed by atoms with Gasteiger partial charge in [-0.2, -0.15) is 0 Å². The van der Waals surface area contributed by atoms with Gasteiger partial charge in [0.2, 0.25) is 12.2 Å². The molecular formula is C32H27F2N5O6. The van der Waals surface area contributed by atoms with Crippen molar-refractivity contribution < 1.29 is 33.0 Å². The van der Waals surface area contributed by atoms with E-state index in [2.05, 4.69) is 10.3 Å². The number of halogens is 2. The summed E-state index contributed by atoms with van der Waals surface area (Å²) in [6.45, 7) is -0.307. The number of carbonyl (C=O) groups is 2. The van der Waals surface area contributed by atoms with Gasteiger partial charge in [0.1, 0.15) is 30.1 Å². The van der Waals surface area contributed by atoms with Gasteiger partial charge in [-0.3, -0.25) is 29.1 Å². The lowest BCUT2D eigenvalue weighted by Gasteiger charge is -2.42. The van der Waals surface area contributed by atoms with Gasteiger partial charge < -0.3 is 24.8 Å². The van der Waals surface area contributed by atoms with Crippen LogP contribution >= 0.6 is 0 Å². The lowest BCUT2D eigenvalue weighted by atomic mass is 10.0. The average Bonchev–Trinajstić information content (AvgIpc) is 3.58. The molecule has 6 rings (SSSR count). The molecule has 0 saturated heterocycles. The predicted molar refractivity (Wildman–Crippen MR) is 156 cm³/mol. The number of pyridine rings is 2. The quantitative estimate of drug-likeness (QED) is 0.294. The molecule has 2 aliphatic heterocycles. The zero-order valence-corrected chi connectivity index (χ0v) is 23.7. The summed E-state index contributed by atoms with van der Waals surface area (Å²) >= 11 is 0. The third-order valence-electron chi connectivity index (χ3n) is 7.49. The molecule has 0 fully saturated rings. The number of hydrogen-bond donors (Lipinski definition) is 2. The number of aromatic hydroxyl groups is 1. The molecule has 4 heterocycles. The van der Waals surface area contributed by atoms with E-state index in [0.717, 1.165) is 17.8 Å². The second-order valence-electron chi connectivity index (χ2n) is 10.4. The monoisotopic (exact) mass is 615 g/mol. The lowest BCUT2D eigenvalue weighted by Crippen LogP contribution is -2.58. The highest BCUT2D eigenvalue weighted by Gasteiger charge is 2.40. The van der Waals surface area contributed by atoms with E-state index in [4.69, 9.17) is 9.47 Å². The third-order valence-corrected chi connectivity index (χ3v) is 7.49. The molecule has 1 unspecified atom stereocenters. The molecule has 0 saturated carbocycles. The van der Waals surface area contributed by atoms with Crippen molar-refractivity contribution in [3.63, 3.8) is 0 Å². The highest BCUT2D eigenvalue weighted by Crippen LogP contribution is 2.29. The number of amides is 2. The first-order valence-electron chi connectivity index (χ1n) is 14.0. The van der Waals surface area contributed by atoms with Crippen LogP contribution < -0.4 is 15.8 Å². The van der Waals surface area contributed by atoms with Crippen molar-refractivity contribution in [3.05, 3.63) is 141 Å². The fourth-order valence-corrected chi connectivity index (χ4v) is 5.23. The van der Waals surface area contributed by atoms with E-state index in [1.165, 1.54) is 21.9 Å². The molecule has 2 aliphatic rings. The molecule has 13 heteroatoms. The van der Waals surface area contributed by atoms with Gasteiger partial charge in [-0.05, 0) is 23.8 Å². The number of benzene rings is 2. The number of aromatic nitrogens is 2. The number of nitrogens with one attached hydrogen (secondary N) is 1. The molecule has 0 bridgehead atoms. The van der Waals surface area contributed by atoms with E-state index in [1.807, 2.05) is 30.3 Å². The molecule has 2 aromatic carbocycles.